The van der Waals surface area contributed by atoms with Crippen LogP contribution in [0, 0.1) is 0 Å². The minimum absolute atomic E-state index is 0.0860. The maximum atomic E-state index is 5.88. The van der Waals surface area contributed by atoms with Crippen molar-refractivity contribution in [2.75, 3.05) is 19.3 Å². The van der Waals surface area contributed by atoms with E-state index in [1.165, 1.54) is 25.0 Å². The van der Waals surface area contributed by atoms with Gasteiger partial charge in [-0.25, -0.2) is 0 Å². The van der Waals surface area contributed by atoms with Gasteiger partial charge in [-0.15, -0.1) is 0 Å². The molecule has 1 aromatic carbocycles. The molecule has 0 aromatic heterocycles. The SMILES string of the molecule is CCSC1CCC(NC(=NC)NCC(C)Oc2ccccc2)C1. The lowest BCUT2D eigenvalue weighted by molar-refractivity contribution is 0.223. The van der Waals surface area contributed by atoms with E-state index in [1.54, 1.807) is 0 Å². The lowest BCUT2D eigenvalue weighted by Crippen LogP contribution is -2.45. The van der Waals surface area contributed by atoms with Crippen LogP contribution in [0.3, 0.4) is 0 Å². The van der Waals surface area contributed by atoms with Crippen molar-refractivity contribution in [2.24, 2.45) is 4.99 Å². The number of hydrogen-bond donors (Lipinski definition) is 2. The van der Waals surface area contributed by atoms with Gasteiger partial charge in [0.2, 0.25) is 0 Å². The van der Waals surface area contributed by atoms with Gasteiger partial charge in [-0.05, 0) is 44.1 Å². The highest BCUT2D eigenvalue weighted by Gasteiger charge is 2.25. The van der Waals surface area contributed by atoms with Gasteiger partial charge in [0.25, 0.3) is 0 Å². The smallest absolute Gasteiger partial charge is 0.191 e. The van der Waals surface area contributed by atoms with Crippen LogP contribution in [0.2, 0.25) is 0 Å². The Kier molecular flexibility index (Phi) is 7.59. The molecule has 1 aliphatic rings. The van der Waals surface area contributed by atoms with Crippen LogP contribution >= 0.6 is 11.8 Å². The fourth-order valence-electron chi connectivity index (χ4n) is 2.86. The van der Waals surface area contributed by atoms with E-state index < -0.39 is 0 Å². The summed E-state index contributed by atoms with van der Waals surface area (Å²) in [7, 11) is 1.82. The van der Waals surface area contributed by atoms with Crippen molar-refractivity contribution in [1.82, 2.24) is 10.6 Å². The third-order valence-corrected chi connectivity index (χ3v) is 5.22. The second-order valence-electron chi connectivity index (χ2n) is 5.93. The van der Waals surface area contributed by atoms with E-state index in [-0.39, 0.29) is 6.10 Å². The van der Waals surface area contributed by atoms with E-state index in [0.29, 0.717) is 6.04 Å². The first kappa shape index (κ1) is 18.0. The molecule has 0 saturated heterocycles. The fourth-order valence-corrected chi connectivity index (χ4v) is 4.00. The maximum absolute atomic E-state index is 5.88. The van der Waals surface area contributed by atoms with E-state index >= 15 is 0 Å². The first-order valence-corrected chi connectivity index (χ1v) is 9.56. The van der Waals surface area contributed by atoms with Crippen molar-refractivity contribution < 1.29 is 4.74 Å². The predicted octanol–water partition coefficient (Wildman–Crippen LogP) is 3.29. The average Bonchev–Trinajstić information content (AvgIpc) is 3.00. The Morgan fingerprint density at radius 2 is 2.13 bits per heavy atom. The van der Waals surface area contributed by atoms with Crippen LogP contribution < -0.4 is 15.4 Å². The van der Waals surface area contributed by atoms with Crippen molar-refractivity contribution >= 4 is 17.7 Å². The van der Waals surface area contributed by atoms with Crippen LogP contribution in [-0.2, 0) is 0 Å². The molecule has 0 radical (unpaired) electrons. The Morgan fingerprint density at radius 1 is 1.35 bits per heavy atom. The third-order valence-electron chi connectivity index (χ3n) is 3.99. The predicted molar refractivity (Wildman–Crippen MR) is 101 cm³/mol. The number of ether oxygens (including phenoxy) is 1. The van der Waals surface area contributed by atoms with Crippen molar-refractivity contribution in [3.05, 3.63) is 30.3 Å². The number of benzene rings is 1. The molecule has 4 nitrogen and oxygen atoms in total. The Hall–Kier alpha value is -1.36. The summed E-state index contributed by atoms with van der Waals surface area (Å²) in [6.07, 6.45) is 3.85. The van der Waals surface area contributed by atoms with Crippen LogP contribution in [-0.4, -0.2) is 42.7 Å². The first-order valence-electron chi connectivity index (χ1n) is 8.51. The highest BCUT2D eigenvalue weighted by atomic mass is 32.2. The van der Waals surface area contributed by atoms with Gasteiger partial charge >= 0.3 is 0 Å². The molecule has 1 fully saturated rings. The lowest BCUT2D eigenvalue weighted by atomic mass is 10.2. The quantitative estimate of drug-likeness (QED) is 0.593. The van der Waals surface area contributed by atoms with Crippen molar-refractivity contribution in [2.45, 2.75) is 50.5 Å². The first-order chi connectivity index (χ1) is 11.2. The molecule has 0 heterocycles. The highest BCUT2D eigenvalue weighted by Crippen LogP contribution is 2.29. The second-order valence-corrected chi connectivity index (χ2v) is 7.50. The molecule has 23 heavy (non-hydrogen) atoms. The van der Waals surface area contributed by atoms with E-state index in [9.17, 15) is 0 Å². The molecule has 5 heteroatoms. The van der Waals surface area contributed by atoms with Gasteiger partial charge in [0.05, 0.1) is 6.54 Å². The summed E-state index contributed by atoms with van der Waals surface area (Å²) >= 11 is 2.08. The van der Waals surface area contributed by atoms with Gasteiger partial charge < -0.3 is 15.4 Å². The lowest BCUT2D eigenvalue weighted by Gasteiger charge is -2.20. The standard InChI is InChI=1S/C18H29N3OS/c1-4-23-17-11-10-15(12-17)21-18(19-3)20-13-14(2)22-16-8-6-5-7-9-16/h5-9,14-15,17H,4,10-13H2,1-3H3,(H2,19,20,21). The maximum Gasteiger partial charge on any atom is 0.191 e. The summed E-state index contributed by atoms with van der Waals surface area (Å²) in [5.74, 6) is 2.99. The summed E-state index contributed by atoms with van der Waals surface area (Å²) in [4.78, 5) is 4.33. The average molecular weight is 336 g/mol. The Labute approximate surface area is 144 Å². The summed E-state index contributed by atoms with van der Waals surface area (Å²) in [5.41, 5.74) is 0. The van der Waals surface area contributed by atoms with Crippen LogP contribution in [0.5, 0.6) is 5.75 Å². The molecule has 1 aromatic rings. The number of thioether (sulfide) groups is 1. The Morgan fingerprint density at radius 3 is 2.83 bits per heavy atom. The number of nitrogens with zero attached hydrogens (tertiary/aromatic N) is 1. The molecule has 0 amide bonds. The van der Waals surface area contributed by atoms with Gasteiger partial charge in [0.1, 0.15) is 11.9 Å². The van der Waals surface area contributed by atoms with E-state index in [1.807, 2.05) is 37.4 Å². The van der Waals surface area contributed by atoms with Gasteiger partial charge in [-0.2, -0.15) is 11.8 Å². The molecule has 2 N–H and O–H groups in total. The second kappa shape index (κ2) is 9.71. The van der Waals surface area contributed by atoms with Crippen molar-refractivity contribution in [3.8, 4) is 5.75 Å². The molecule has 0 bridgehead atoms. The zero-order valence-corrected chi connectivity index (χ0v) is 15.2. The number of aliphatic imine (C=N–C) groups is 1. The van der Waals surface area contributed by atoms with Crippen LogP contribution in [0.1, 0.15) is 33.1 Å². The topological polar surface area (TPSA) is 45.7 Å². The number of hydrogen-bond acceptors (Lipinski definition) is 3. The van der Waals surface area contributed by atoms with Gasteiger partial charge in [-0.1, -0.05) is 25.1 Å². The monoisotopic (exact) mass is 335 g/mol. The van der Waals surface area contributed by atoms with E-state index in [2.05, 4.69) is 41.2 Å². The van der Waals surface area contributed by atoms with Gasteiger partial charge in [0, 0.05) is 18.3 Å². The fraction of sp³-hybridized carbons (Fsp3) is 0.611. The summed E-state index contributed by atoms with van der Waals surface area (Å²) in [6, 6.07) is 10.5. The zero-order valence-electron chi connectivity index (χ0n) is 14.4. The highest BCUT2D eigenvalue weighted by molar-refractivity contribution is 7.99. The van der Waals surface area contributed by atoms with Crippen molar-refractivity contribution in [1.29, 1.82) is 0 Å². The van der Waals surface area contributed by atoms with Gasteiger partial charge in [-0.3, -0.25) is 4.99 Å². The molecule has 128 valence electrons. The van der Waals surface area contributed by atoms with Crippen LogP contribution in [0.4, 0.5) is 0 Å². The molecular formula is C18H29N3OS. The molecule has 3 atom stereocenters. The number of para-hydroxylation sites is 1. The summed E-state index contributed by atoms with van der Waals surface area (Å²) in [6.45, 7) is 5.03. The summed E-state index contributed by atoms with van der Waals surface area (Å²) in [5, 5.41) is 7.72. The zero-order chi connectivity index (χ0) is 16.5. The van der Waals surface area contributed by atoms with Gasteiger partial charge in [0.15, 0.2) is 5.96 Å². The number of guanidine groups is 1. The molecule has 0 aliphatic heterocycles. The Balaban J connectivity index is 1.71. The molecular weight excluding hydrogens is 306 g/mol. The minimum Gasteiger partial charge on any atom is -0.489 e. The van der Waals surface area contributed by atoms with Crippen molar-refractivity contribution in [3.63, 3.8) is 0 Å². The van der Waals surface area contributed by atoms with E-state index in [0.717, 1.165) is 23.5 Å². The minimum atomic E-state index is 0.0860. The molecule has 0 spiro atoms. The number of nitrogens with one attached hydrogen (secondary N) is 2. The van der Waals surface area contributed by atoms with Crippen LogP contribution in [0.15, 0.2) is 35.3 Å². The molecule has 1 saturated carbocycles. The third kappa shape index (κ3) is 6.34. The number of rotatable bonds is 7. The van der Waals surface area contributed by atoms with E-state index in [4.69, 9.17) is 4.74 Å². The normalized spacial score (nSPS) is 22.7. The van der Waals surface area contributed by atoms with Crippen LogP contribution in [0.25, 0.3) is 0 Å². The molecule has 1 aliphatic carbocycles. The molecule has 3 unspecified atom stereocenters. The molecule has 2 rings (SSSR count). The largest absolute Gasteiger partial charge is 0.489 e. The Bertz CT molecular complexity index is 480. The summed E-state index contributed by atoms with van der Waals surface area (Å²) < 4.78 is 5.88.